The van der Waals surface area contributed by atoms with Crippen LogP contribution in [0.1, 0.15) is 25.1 Å². The molecule has 3 nitrogen and oxygen atoms in total. The van der Waals surface area contributed by atoms with Crippen LogP contribution in [0.4, 0.5) is 8.78 Å². The molecule has 21 heavy (non-hydrogen) atoms. The molecule has 0 spiro atoms. The summed E-state index contributed by atoms with van der Waals surface area (Å²) in [7, 11) is 0. The molecule has 0 saturated carbocycles. The number of halogens is 2. The van der Waals surface area contributed by atoms with E-state index in [1.54, 1.807) is 16.9 Å². The van der Waals surface area contributed by atoms with E-state index < -0.39 is 11.6 Å². The minimum Gasteiger partial charge on any atom is -0.242 e. The predicted molar refractivity (Wildman–Crippen MR) is 79.1 cm³/mol. The molecule has 0 aliphatic carbocycles. The van der Waals surface area contributed by atoms with Crippen LogP contribution in [0.5, 0.6) is 0 Å². The van der Waals surface area contributed by atoms with Gasteiger partial charge in [-0.2, -0.15) is 5.10 Å². The average molecular weight is 289 g/mol. The van der Waals surface area contributed by atoms with E-state index in [9.17, 15) is 8.78 Å². The smallest absolute Gasteiger partial charge is 0.163 e. The van der Waals surface area contributed by atoms with Gasteiger partial charge in [-0.3, -0.25) is 0 Å². The minimum atomic E-state index is -0.848. The van der Waals surface area contributed by atoms with E-state index in [-0.39, 0.29) is 12.1 Å². The fourth-order valence-electron chi connectivity index (χ4n) is 2.11. The first kappa shape index (κ1) is 15.1. The monoisotopic (exact) mass is 289 g/mol. The first-order valence-electron chi connectivity index (χ1n) is 6.88. The van der Waals surface area contributed by atoms with E-state index in [0.29, 0.717) is 5.65 Å². The maximum atomic E-state index is 13.7. The summed E-state index contributed by atoms with van der Waals surface area (Å²) in [6.45, 7) is 6.02. The minimum absolute atomic E-state index is 0.158. The summed E-state index contributed by atoms with van der Waals surface area (Å²) in [4.78, 5) is 4.23. The first-order valence-corrected chi connectivity index (χ1v) is 6.88. The van der Waals surface area contributed by atoms with Crippen molar-refractivity contribution in [2.75, 3.05) is 0 Å². The maximum absolute atomic E-state index is 13.7. The van der Waals surface area contributed by atoms with Gasteiger partial charge in [-0.1, -0.05) is 26.0 Å². The van der Waals surface area contributed by atoms with Crippen molar-refractivity contribution in [1.82, 2.24) is 14.8 Å². The van der Waals surface area contributed by atoms with Gasteiger partial charge in [-0.05, 0) is 25.1 Å². The van der Waals surface area contributed by atoms with Crippen molar-refractivity contribution in [2.45, 2.75) is 27.3 Å². The average Bonchev–Trinajstić information content (AvgIpc) is 2.83. The molecule has 1 aromatic carbocycles. The lowest BCUT2D eigenvalue weighted by Crippen LogP contribution is -2.05. The van der Waals surface area contributed by atoms with Gasteiger partial charge in [0.15, 0.2) is 17.3 Å². The fourth-order valence-corrected chi connectivity index (χ4v) is 2.11. The first-order chi connectivity index (χ1) is 10.2. The highest BCUT2D eigenvalue weighted by Crippen LogP contribution is 2.18. The molecule has 2 heterocycles. The summed E-state index contributed by atoms with van der Waals surface area (Å²) in [6.07, 6.45) is 1.65. The fraction of sp³-hybridized carbons (Fsp3) is 0.250. The Morgan fingerprint density at radius 1 is 1.10 bits per heavy atom. The zero-order chi connectivity index (χ0) is 15.4. The van der Waals surface area contributed by atoms with Crippen molar-refractivity contribution in [3.8, 4) is 0 Å². The highest BCUT2D eigenvalue weighted by atomic mass is 19.2. The summed E-state index contributed by atoms with van der Waals surface area (Å²) >= 11 is 0. The van der Waals surface area contributed by atoms with Gasteiger partial charge >= 0.3 is 0 Å². The maximum Gasteiger partial charge on any atom is 0.163 e. The Morgan fingerprint density at radius 3 is 2.62 bits per heavy atom. The number of aromatic nitrogens is 3. The molecule has 2 aromatic heterocycles. The molecule has 0 amide bonds. The third-order valence-corrected chi connectivity index (χ3v) is 3.04. The van der Waals surface area contributed by atoms with Crippen LogP contribution in [0.15, 0.2) is 36.5 Å². The molecular weight excluding hydrogens is 272 g/mol. The molecule has 0 unspecified atom stereocenters. The van der Waals surface area contributed by atoms with Crippen LogP contribution in [0.2, 0.25) is 0 Å². The zero-order valence-corrected chi connectivity index (χ0v) is 12.3. The van der Waals surface area contributed by atoms with Crippen molar-refractivity contribution in [1.29, 1.82) is 0 Å². The molecule has 0 fully saturated rings. The van der Waals surface area contributed by atoms with Crippen molar-refractivity contribution in [2.24, 2.45) is 0 Å². The van der Waals surface area contributed by atoms with E-state index in [2.05, 4.69) is 10.1 Å². The Bertz CT molecular complexity index is 750. The summed E-state index contributed by atoms with van der Waals surface area (Å²) in [5.41, 5.74) is 1.75. The van der Waals surface area contributed by atoms with E-state index in [1.807, 2.05) is 32.9 Å². The van der Waals surface area contributed by atoms with E-state index in [0.717, 1.165) is 17.1 Å². The lowest BCUT2D eigenvalue weighted by molar-refractivity contribution is 0.492. The largest absolute Gasteiger partial charge is 0.242 e. The van der Waals surface area contributed by atoms with Crippen molar-refractivity contribution < 1.29 is 8.78 Å². The van der Waals surface area contributed by atoms with Gasteiger partial charge in [0.25, 0.3) is 0 Å². The molecule has 110 valence electrons. The van der Waals surface area contributed by atoms with Crippen LogP contribution in [0.25, 0.3) is 11.0 Å². The number of hydrogen-bond acceptors (Lipinski definition) is 2. The third kappa shape index (κ3) is 2.91. The molecule has 0 radical (unpaired) electrons. The van der Waals surface area contributed by atoms with Crippen molar-refractivity contribution >= 4 is 11.0 Å². The van der Waals surface area contributed by atoms with Gasteiger partial charge in [-0.15, -0.1) is 0 Å². The molecule has 0 saturated heterocycles. The molecule has 3 rings (SSSR count). The number of nitrogens with zero attached hydrogens (tertiary/aromatic N) is 3. The summed E-state index contributed by atoms with van der Waals surface area (Å²) < 4.78 is 28.4. The Morgan fingerprint density at radius 2 is 1.86 bits per heavy atom. The van der Waals surface area contributed by atoms with Gasteiger partial charge in [-0.25, -0.2) is 18.4 Å². The topological polar surface area (TPSA) is 30.7 Å². The van der Waals surface area contributed by atoms with E-state index >= 15 is 0 Å². The second kappa shape index (κ2) is 6.43. The summed E-state index contributed by atoms with van der Waals surface area (Å²) in [6, 6.07) is 7.86. The van der Waals surface area contributed by atoms with Crippen LogP contribution >= 0.6 is 0 Å². The second-order valence-electron chi connectivity index (χ2n) is 4.33. The lowest BCUT2D eigenvalue weighted by Gasteiger charge is -2.05. The van der Waals surface area contributed by atoms with Crippen LogP contribution in [-0.2, 0) is 6.54 Å². The summed E-state index contributed by atoms with van der Waals surface area (Å²) in [5, 5.41) is 5.24. The number of rotatable bonds is 2. The Labute approximate surface area is 122 Å². The summed E-state index contributed by atoms with van der Waals surface area (Å²) in [5.74, 6) is -1.68. The second-order valence-corrected chi connectivity index (χ2v) is 4.33. The third-order valence-electron chi connectivity index (χ3n) is 3.04. The highest BCUT2D eigenvalue weighted by Gasteiger charge is 2.12. The van der Waals surface area contributed by atoms with Crippen LogP contribution < -0.4 is 0 Å². The Hall–Kier alpha value is -2.30. The van der Waals surface area contributed by atoms with Crippen LogP contribution in [0.3, 0.4) is 0 Å². The lowest BCUT2D eigenvalue weighted by atomic mass is 10.2. The molecule has 0 aliphatic rings. The molecule has 0 bridgehead atoms. The molecular formula is C16H17F2N3. The molecule has 5 heteroatoms. The number of hydrogen-bond donors (Lipinski definition) is 0. The van der Waals surface area contributed by atoms with Crippen molar-refractivity contribution in [3.05, 3.63) is 59.4 Å². The van der Waals surface area contributed by atoms with E-state index in [1.165, 1.54) is 6.07 Å². The molecule has 0 atom stereocenters. The number of pyridine rings is 1. The molecule has 0 N–H and O–H groups in total. The normalized spacial score (nSPS) is 10.3. The number of fused-ring (bicyclic) bond motifs is 1. The molecule has 0 aliphatic heterocycles. The van der Waals surface area contributed by atoms with Gasteiger partial charge in [0.1, 0.15) is 0 Å². The number of benzene rings is 1. The Balaban J connectivity index is 0.000000774. The predicted octanol–water partition coefficient (Wildman–Crippen LogP) is 4.09. The van der Waals surface area contributed by atoms with Gasteiger partial charge < -0.3 is 0 Å². The number of aryl methyl sites for hydroxylation is 1. The quantitative estimate of drug-likeness (QED) is 0.711. The SMILES string of the molecule is CC.Cc1nn(Cc2cccc(F)c2F)c2ncccc12. The zero-order valence-electron chi connectivity index (χ0n) is 12.3. The highest BCUT2D eigenvalue weighted by molar-refractivity contribution is 5.77. The van der Waals surface area contributed by atoms with E-state index in [4.69, 9.17) is 0 Å². The van der Waals surface area contributed by atoms with Crippen LogP contribution in [0, 0.1) is 18.6 Å². The van der Waals surface area contributed by atoms with Gasteiger partial charge in [0.05, 0.1) is 12.2 Å². The van der Waals surface area contributed by atoms with Crippen LogP contribution in [-0.4, -0.2) is 14.8 Å². The standard InChI is InChI=1S/C14H11F2N3.C2H6/c1-9-11-5-3-7-17-14(11)19(18-9)8-10-4-2-6-12(15)13(10)16;1-2/h2-7H,8H2,1H3;1-2H3. The molecule has 3 aromatic rings. The Kier molecular flexibility index (Phi) is 4.62. The van der Waals surface area contributed by atoms with Crippen molar-refractivity contribution in [3.63, 3.8) is 0 Å². The van der Waals surface area contributed by atoms with Gasteiger partial charge in [0, 0.05) is 17.1 Å². The van der Waals surface area contributed by atoms with Gasteiger partial charge in [0.2, 0.25) is 0 Å².